The third-order valence-electron chi connectivity index (χ3n) is 6.40. The van der Waals surface area contributed by atoms with E-state index < -0.39 is 4.92 Å². The number of nitro groups is 1. The third-order valence-corrected chi connectivity index (χ3v) is 6.40. The van der Waals surface area contributed by atoms with E-state index in [1.807, 2.05) is 24.3 Å². The Kier molecular flexibility index (Phi) is 6.49. The summed E-state index contributed by atoms with van der Waals surface area (Å²) >= 11 is 0. The second-order valence-electron chi connectivity index (χ2n) is 8.56. The van der Waals surface area contributed by atoms with E-state index in [1.165, 1.54) is 17.8 Å². The molecule has 0 spiro atoms. The second-order valence-corrected chi connectivity index (χ2v) is 8.56. The van der Waals surface area contributed by atoms with Crippen LogP contribution in [0.1, 0.15) is 19.4 Å². The first kappa shape index (κ1) is 23.3. The topological polar surface area (TPSA) is 92.4 Å². The highest BCUT2D eigenvalue weighted by molar-refractivity contribution is 5.91. The monoisotopic (exact) mass is 481 g/mol. The third kappa shape index (κ3) is 4.70. The minimum absolute atomic E-state index is 0.0154. The standard InChI is InChI=1S/C28H27N5O3/c1-3-32(4-2)23-12-13-24-19(16-23)6-5-7-27(24)36-28-18-25-20(14-15-29-25)17-26(28)31-30-21-8-10-22(11-9-21)33(34)35/h5-13,16-18,29H,3-4,14-15H2,1-2H3/b31-30+. The van der Waals surface area contributed by atoms with Gasteiger partial charge in [0, 0.05) is 54.6 Å². The van der Waals surface area contributed by atoms with Gasteiger partial charge >= 0.3 is 0 Å². The van der Waals surface area contributed by atoms with Gasteiger partial charge in [-0.05, 0) is 73.7 Å². The van der Waals surface area contributed by atoms with E-state index >= 15 is 0 Å². The van der Waals surface area contributed by atoms with Crippen molar-refractivity contribution in [1.29, 1.82) is 0 Å². The van der Waals surface area contributed by atoms with Crippen LogP contribution in [0.2, 0.25) is 0 Å². The number of benzene rings is 4. The Morgan fingerprint density at radius 1 is 0.972 bits per heavy atom. The second kappa shape index (κ2) is 10.0. The van der Waals surface area contributed by atoms with Gasteiger partial charge in [-0.2, -0.15) is 5.11 Å². The zero-order valence-corrected chi connectivity index (χ0v) is 20.3. The molecule has 0 unspecified atom stereocenters. The average Bonchev–Trinajstić information content (AvgIpc) is 3.35. The Labute approximate surface area is 209 Å². The molecular formula is C28H27N5O3. The van der Waals surface area contributed by atoms with Gasteiger partial charge in [-0.15, -0.1) is 5.11 Å². The summed E-state index contributed by atoms with van der Waals surface area (Å²) in [6, 6.07) is 22.4. The number of nitrogens with one attached hydrogen (secondary N) is 1. The van der Waals surface area contributed by atoms with Crippen LogP contribution in [0.5, 0.6) is 11.5 Å². The maximum absolute atomic E-state index is 10.9. The van der Waals surface area contributed by atoms with Crippen LogP contribution in [0.3, 0.4) is 0 Å². The van der Waals surface area contributed by atoms with Gasteiger partial charge in [-0.3, -0.25) is 10.1 Å². The number of fused-ring (bicyclic) bond motifs is 2. The van der Waals surface area contributed by atoms with Crippen LogP contribution in [0.25, 0.3) is 10.8 Å². The van der Waals surface area contributed by atoms with Crippen LogP contribution >= 0.6 is 0 Å². The van der Waals surface area contributed by atoms with Crippen molar-refractivity contribution in [2.75, 3.05) is 29.9 Å². The van der Waals surface area contributed by atoms with E-state index in [4.69, 9.17) is 4.74 Å². The molecule has 5 rings (SSSR count). The Morgan fingerprint density at radius 2 is 1.78 bits per heavy atom. The number of anilines is 2. The van der Waals surface area contributed by atoms with Crippen LogP contribution in [-0.4, -0.2) is 24.6 Å². The number of azo groups is 1. The fourth-order valence-electron chi connectivity index (χ4n) is 4.46. The Hall–Kier alpha value is -4.46. The lowest BCUT2D eigenvalue weighted by Gasteiger charge is -2.21. The molecule has 0 radical (unpaired) electrons. The molecule has 8 heteroatoms. The summed E-state index contributed by atoms with van der Waals surface area (Å²) in [5.74, 6) is 1.33. The number of hydrogen-bond acceptors (Lipinski definition) is 7. The lowest BCUT2D eigenvalue weighted by molar-refractivity contribution is -0.384. The van der Waals surface area contributed by atoms with Gasteiger partial charge in [-0.25, -0.2) is 0 Å². The first-order chi connectivity index (χ1) is 17.6. The normalized spacial score (nSPS) is 12.5. The van der Waals surface area contributed by atoms with Crippen molar-refractivity contribution in [3.05, 3.63) is 88.5 Å². The average molecular weight is 482 g/mol. The molecule has 1 N–H and O–H groups in total. The van der Waals surface area contributed by atoms with Crippen molar-refractivity contribution in [3.63, 3.8) is 0 Å². The molecule has 0 bridgehead atoms. The molecule has 0 saturated heterocycles. The van der Waals surface area contributed by atoms with Gasteiger partial charge in [0.15, 0.2) is 5.75 Å². The molecule has 1 heterocycles. The Balaban J connectivity index is 1.50. The minimum atomic E-state index is -0.435. The van der Waals surface area contributed by atoms with Crippen LogP contribution in [0.15, 0.2) is 83.0 Å². The molecule has 0 amide bonds. The molecule has 36 heavy (non-hydrogen) atoms. The van der Waals surface area contributed by atoms with Crippen molar-refractivity contribution in [2.45, 2.75) is 20.3 Å². The number of non-ortho nitro benzene ring substituents is 1. The predicted octanol–water partition coefficient (Wildman–Crippen LogP) is 7.77. The van der Waals surface area contributed by atoms with E-state index in [0.29, 0.717) is 17.1 Å². The molecule has 4 aromatic rings. The van der Waals surface area contributed by atoms with Gasteiger partial charge in [0.05, 0.1) is 10.6 Å². The van der Waals surface area contributed by atoms with Crippen molar-refractivity contribution >= 4 is 39.2 Å². The van der Waals surface area contributed by atoms with Crippen LogP contribution in [-0.2, 0) is 6.42 Å². The van der Waals surface area contributed by atoms with E-state index in [1.54, 1.807) is 12.1 Å². The molecule has 1 aliphatic rings. The smallest absolute Gasteiger partial charge is 0.269 e. The summed E-state index contributed by atoms with van der Waals surface area (Å²) in [7, 11) is 0. The lowest BCUT2D eigenvalue weighted by Crippen LogP contribution is -2.21. The number of hydrogen-bond donors (Lipinski definition) is 1. The molecule has 0 atom stereocenters. The Bertz CT molecular complexity index is 1450. The highest BCUT2D eigenvalue weighted by Crippen LogP contribution is 2.41. The predicted molar refractivity (Wildman–Crippen MR) is 143 cm³/mol. The number of nitro benzene ring substituents is 1. The van der Waals surface area contributed by atoms with Crippen molar-refractivity contribution < 1.29 is 9.66 Å². The molecular weight excluding hydrogens is 454 g/mol. The molecule has 0 aliphatic carbocycles. The maximum Gasteiger partial charge on any atom is 0.269 e. The summed E-state index contributed by atoms with van der Waals surface area (Å²) in [6.45, 7) is 7.07. The molecule has 4 aromatic carbocycles. The van der Waals surface area contributed by atoms with Gasteiger partial charge in [0.1, 0.15) is 11.4 Å². The van der Waals surface area contributed by atoms with Crippen molar-refractivity contribution in [3.8, 4) is 11.5 Å². The van der Waals surface area contributed by atoms with E-state index in [0.717, 1.165) is 53.8 Å². The van der Waals surface area contributed by atoms with E-state index in [2.05, 4.69) is 58.6 Å². The first-order valence-corrected chi connectivity index (χ1v) is 12.1. The molecule has 182 valence electrons. The summed E-state index contributed by atoms with van der Waals surface area (Å²) in [5, 5.41) is 25.2. The molecule has 0 fully saturated rings. The quantitative estimate of drug-likeness (QED) is 0.158. The minimum Gasteiger partial charge on any atom is -0.454 e. The fraction of sp³-hybridized carbons (Fsp3) is 0.214. The zero-order valence-electron chi connectivity index (χ0n) is 20.3. The van der Waals surface area contributed by atoms with Gasteiger partial charge in [-0.1, -0.05) is 12.1 Å². The first-order valence-electron chi connectivity index (χ1n) is 12.1. The van der Waals surface area contributed by atoms with Gasteiger partial charge in [0.2, 0.25) is 0 Å². The molecule has 8 nitrogen and oxygen atoms in total. The van der Waals surface area contributed by atoms with Crippen molar-refractivity contribution in [1.82, 2.24) is 0 Å². The molecule has 1 aliphatic heterocycles. The number of rotatable bonds is 8. The van der Waals surface area contributed by atoms with Crippen LogP contribution in [0, 0.1) is 10.1 Å². The zero-order chi connectivity index (χ0) is 25.1. The number of nitrogens with zero attached hydrogens (tertiary/aromatic N) is 4. The summed E-state index contributed by atoms with van der Waals surface area (Å²) in [6.07, 6.45) is 0.901. The molecule has 0 saturated carbocycles. The maximum atomic E-state index is 10.9. The summed E-state index contributed by atoms with van der Waals surface area (Å²) in [4.78, 5) is 12.8. The largest absolute Gasteiger partial charge is 0.454 e. The Morgan fingerprint density at radius 3 is 2.53 bits per heavy atom. The SMILES string of the molecule is CCN(CC)c1ccc2c(Oc3cc4c(cc3/N=N/c3ccc([N+](=O)[O-])cc3)CCN4)cccc2c1. The summed E-state index contributed by atoms with van der Waals surface area (Å²) in [5.41, 5.74) is 4.52. The van der Waals surface area contributed by atoms with E-state index in [9.17, 15) is 10.1 Å². The highest BCUT2D eigenvalue weighted by Gasteiger charge is 2.17. The van der Waals surface area contributed by atoms with Crippen LogP contribution in [0.4, 0.5) is 28.4 Å². The molecule has 0 aromatic heterocycles. The van der Waals surface area contributed by atoms with Gasteiger partial charge in [0.25, 0.3) is 5.69 Å². The highest BCUT2D eigenvalue weighted by atomic mass is 16.6. The van der Waals surface area contributed by atoms with E-state index in [-0.39, 0.29) is 5.69 Å². The van der Waals surface area contributed by atoms with Crippen molar-refractivity contribution in [2.24, 2.45) is 10.2 Å². The number of ether oxygens (including phenoxy) is 1. The lowest BCUT2D eigenvalue weighted by atomic mass is 10.1. The van der Waals surface area contributed by atoms with Gasteiger partial charge < -0.3 is 15.0 Å². The summed E-state index contributed by atoms with van der Waals surface area (Å²) < 4.78 is 6.44. The van der Waals surface area contributed by atoms with Crippen LogP contribution < -0.4 is 15.0 Å². The fourth-order valence-corrected chi connectivity index (χ4v) is 4.46.